The lowest BCUT2D eigenvalue weighted by Crippen LogP contribution is -1.89. The molecule has 77 valence electrons. The summed E-state index contributed by atoms with van der Waals surface area (Å²) in [6.45, 7) is 0. The second kappa shape index (κ2) is 4.04. The highest BCUT2D eigenvalue weighted by Crippen LogP contribution is 2.32. The van der Waals surface area contributed by atoms with E-state index in [2.05, 4.69) is 11.4 Å². The SMILES string of the molecule is COc1ccc(-c2cn[c]o2)c(OC)c1. The minimum absolute atomic E-state index is 0.620. The molecule has 0 bridgehead atoms. The monoisotopic (exact) mass is 204 g/mol. The van der Waals surface area contributed by atoms with Crippen molar-refractivity contribution in [2.75, 3.05) is 14.2 Å². The van der Waals surface area contributed by atoms with E-state index in [1.165, 1.54) is 0 Å². The average Bonchev–Trinajstić information content (AvgIpc) is 2.81. The van der Waals surface area contributed by atoms with Crippen LogP contribution in [0.1, 0.15) is 0 Å². The Kier molecular flexibility index (Phi) is 2.58. The molecule has 0 fully saturated rings. The van der Waals surface area contributed by atoms with Crippen molar-refractivity contribution >= 4 is 0 Å². The molecule has 0 spiro atoms. The third-order valence-electron chi connectivity index (χ3n) is 2.06. The van der Waals surface area contributed by atoms with Crippen molar-refractivity contribution in [3.8, 4) is 22.8 Å². The maximum atomic E-state index is 5.23. The van der Waals surface area contributed by atoms with Crippen LogP contribution in [0.3, 0.4) is 0 Å². The fourth-order valence-corrected chi connectivity index (χ4v) is 1.31. The molecule has 0 unspecified atom stereocenters. The van der Waals surface area contributed by atoms with E-state index in [0.717, 1.165) is 11.3 Å². The van der Waals surface area contributed by atoms with E-state index in [1.807, 2.05) is 12.1 Å². The van der Waals surface area contributed by atoms with E-state index in [0.29, 0.717) is 11.5 Å². The fourth-order valence-electron chi connectivity index (χ4n) is 1.31. The number of aromatic nitrogens is 1. The molecule has 1 radical (unpaired) electrons. The summed E-state index contributed by atoms with van der Waals surface area (Å²) in [5, 5.41) is 0. The molecule has 15 heavy (non-hydrogen) atoms. The molecule has 0 aliphatic carbocycles. The zero-order valence-electron chi connectivity index (χ0n) is 8.48. The highest BCUT2D eigenvalue weighted by atomic mass is 16.5. The molecule has 0 amide bonds. The highest BCUT2D eigenvalue weighted by Gasteiger charge is 2.09. The third kappa shape index (κ3) is 1.79. The summed E-state index contributed by atoms with van der Waals surface area (Å²) in [6.07, 6.45) is 3.98. The lowest BCUT2D eigenvalue weighted by Gasteiger charge is -2.07. The highest BCUT2D eigenvalue weighted by molar-refractivity contribution is 5.66. The molecule has 4 nitrogen and oxygen atoms in total. The molecule has 4 heteroatoms. The number of hydrogen-bond acceptors (Lipinski definition) is 4. The molecule has 2 rings (SSSR count). The summed E-state index contributed by atoms with van der Waals surface area (Å²) in [5.74, 6) is 2.04. The van der Waals surface area contributed by atoms with Gasteiger partial charge in [0.15, 0.2) is 5.76 Å². The van der Waals surface area contributed by atoms with E-state index >= 15 is 0 Å². The molecule has 0 atom stereocenters. The van der Waals surface area contributed by atoms with Gasteiger partial charge in [-0.25, -0.2) is 4.98 Å². The molecule has 1 aromatic carbocycles. The van der Waals surface area contributed by atoms with Gasteiger partial charge in [0.2, 0.25) is 0 Å². The van der Waals surface area contributed by atoms with Crippen LogP contribution < -0.4 is 9.47 Å². The number of methoxy groups -OCH3 is 2. The first-order valence-corrected chi connectivity index (χ1v) is 4.39. The minimum Gasteiger partial charge on any atom is -0.497 e. The van der Waals surface area contributed by atoms with Crippen molar-refractivity contribution in [2.24, 2.45) is 0 Å². The molecular weight excluding hydrogens is 194 g/mol. The molecule has 0 N–H and O–H groups in total. The molecule has 0 saturated carbocycles. The van der Waals surface area contributed by atoms with E-state index in [1.54, 1.807) is 26.5 Å². The Morgan fingerprint density at radius 3 is 2.73 bits per heavy atom. The van der Waals surface area contributed by atoms with Gasteiger partial charge in [0.05, 0.1) is 26.0 Å². The Labute approximate surface area is 87.5 Å². The number of nitrogens with zero attached hydrogens (tertiary/aromatic N) is 1. The van der Waals surface area contributed by atoms with Crippen molar-refractivity contribution < 1.29 is 13.9 Å². The molecule has 2 aromatic rings. The average molecular weight is 204 g/mol. The Balaban J connectivity index is 2.48. The van der Waals surface area contributed by atoms with Crippen LogP contribution in [0.25, 0.3) is 11.3 Å². The summed E-state index contributed by atoms with van der Waals surface area (Å²) in [6, 6.07) is 5.48. The lowest BCUT2D eigenvalue weighted by atomic mass is 10.1. The Morgan fingerprint density at radius 2 is 2.13 bits per heavy atom. The van der Waals surface area contributed by atoms with Gasteiger partial charge >= 0.3 is 0 Å². The molecule has 0 aliphatic heterocycles. The van der Waals surface area contributed by atoms with E-state index in [9.17, 15) is 0 Å². The van der Waals surface area contributed by atoms with Crippen LogP contribution in [0.5, 0.6) is 11.5 Å². The first kappa shape index (κ1) is 9.58. The van der Waals surface area contributed by atoms with Crippen LogP contribution in [-0.2, 0) is 0 Å². The second-order valence-electron chi connectivity index (χ2n) is 2.88. The number of oxazole rings is 1. The summed E-state index contributed by atoms with van der Waals surface area (Å²) >= 11 is 0. The third-order valence-corrected chi connectivity index (χ3v) is 2.06. The standard InChI is InChI=1S/C11H10NO3/c1-13-8-3-4-9(10(5-8)14-2)11-6-12-7-15-11/h3-6H,1-2H3. The van der Waals surface area contributed by atoms with Gasteiger partial charge in [0.1, 0.15) is 11.5 Å². The van der Waals surface area contributed by atoms with E-state index < -0.39 is 0 Å². The number of benzene rings is 1. The zero-order valence-corrected chi connectivity index (χ0v) is 8.48. The lowest BCUT2D eigenvalue weighted by molar-refractivity contribution is 0.394. The molecule has 1 aromatic heterocycles. The van der Waals surface area contributed by atoms with Crippen LogP contribution in [-0.4, -0.2) is 19.2 Å². The predicted octanol–water partition coefficient (Wildman–Crippen LogP) is 2.16. The zero-order chi connectivity index (χ0) is 10.7. The van der Waals surface area contributed by atoms with Gasteiger partial charge in [-0.05, 0) is 12.1 Å². The van der Waals surface area contributed by atoms with Crippen LogP contribution in [0.15, 0.2) is 28.8 Å². The van der Waals surface area contributed by atoms with Crippen molar-refractivity contribution in [1.82, 2.24) is 4.98 Å². The van der Waals surface area contributed by atoms with Gasteiger partial charge < -0.3 is 13.9 Å². The van der Waals surface area contributed by atoms with Crippen molar-refractivity contribution in [1.29, 1.82) is 0 Å². The van der Waals surface area contributed by atoms with Gasteiger partial charge in [-0.15, -0.1) is 0 Å². The van der Waals surface area contributed by atoms with Gasteiger partial charge in [-0.2, -0.15) is 0 Å². The van der Waals surface area contributed by atoms with Crippen molar-refractivity contribution in [3.05, 3.63) is 30.8 Å². The fraction of sp³-hybridized carbons (Fsp3) is 0.182. The molecule has 0 saturated heterocycles. The first-order chi connectivity index (χ1) is 7.35. The summed E-state index contributed by atoms with van der Waals surface area (Å²) in [5.41, 5.74) is 0.826. The van der Waals surface area contributed by atoms with Crippen molar-refractivity contribution in [2.45, 2.75) is 0 Å². The van der Waals surface area contributed by atoms with Crippen LogP contribution in [0, 0.1) is 6.39 Å². The van der Waals surface area contributed by atoms with Gasteiger partial charge in [-0.1, -0.05) is 0 Å². The quantitative estimate of drug-likeness (QED) is 0.768. The van der Waals surface area contributed by atoms with Crippen LogP contribution in [0.4, 0.5) is 0 Å². The maximum Gasteiger partial charge on any atom is 0.284 e. The van der Waals surface area contributed by atoms with E-state index in [4.69, 9.17) is 13.9 Å². The summed E-state index contributed by atoms with van der Waals surface area (Å²) < 4.78 is 15.4. The minimum atomic E-state index is 0.620. The molecule has 0 aliphatic rings. The number of ether oxygens (including phenoxy) is 2. The Morgan fingerprint density at radius 1 is 1.27 bits per heavy atom. The second-order valence-corrected chi connectivity index (χ2v) is 2.88. The van der Waals surface area contributed by atoms with Crippen molar-refractivity contribution in [3.63, 3.8) is 0 Å². The topological polar surface area (TPSA) is 44.5 Å². The van der Waals surface area contributed by atoms with Crippen LogP contribution >= 0.6 is 0 Å². The van der Waals surface area contributed by atoms with Crippen LogP contribution in [0.2, 0.25) is 0 Å². The number of hydrogen-bond donors (Lipinski definition) is 0. The Bertz CT molecular complexity index is 437. The van der Waals surface area contributed by atoms with Gasteiger partial charge in [0.25, 0.3) is 6.39 Å². The first-order valence-electron chi connectivity index (χ1n) is 4.39. The summed E-state index contributed by atoms with van der Waals surface area (Å²) in [4.78, 5) is 3.74. The summed E-state index contributed by atoms with van der Waals surface area (Å²) in [7, 11) is 3.20. The normalized spacial score (nSPS) is 10.0. The Hall–Kier alpha value is -1.97. The smallest absolute Gasteiger partial charge is 0.284 e. The predicted molar refractivity (Wildman–Crippen MR) is 53.9 cm³/mol. The maximum absolute atomic E-state index is 5.23. The molecule has 1 heterocycles. The van der Waals surface area contributed by atoms with E-state index in [-0.39, 0.29) is 0 Å². The van der Waals surface area contributed by atoms with Gasteiger partial charge in [0, 0.05) is 6.07 Å². The largest absolute Gasteiger partial charge is 0.497 e. The van der Waals surface area contributed by atoms with Gasteiger partial charge in [-0.3, -0.25) is 0 Å². The number of rotatable bonds is 3. The molecular formula is C11H10NO3.